The molecule has 0 aliphatic heterocycles. The zero-order valence-corrected chi connectivity index (χ0v) is 13.3. The minimum absolute atomic E-state index is 0.0540. The van der Waals surface area contributed by atoms with E-state index in [2.05, 4.69) is 40.4 Å². The van der Waals surface area contributed by atoms with Gasteiger partial charge in [0, 0.05) is 5.54 Å². The Morgan fingerprint density at radius 1 is 1.14 bits per heavy atom. The second-order valence-corrected chi connectivity index (χ2v) is 6.26. The summed E-state index contributed by atoms with van der Waals surface area (Å²) in [5, 5.41) is 3.22. The maximum Gasteiger partial charge on any atom is 0.255 e. The van der Waals surface area contributed by atoms with E-state index >= 15 is 0 Å². The Morgan fingerprint density at radius 3 is 2.36 bits per heavy atom. The van der Waals surface area contributed by atoms with Crippen molar-refractivity contribution >= 4 is 5.91 Å². The van der Waals surface area contributed by atoms with Gasteiger partial charge in [-0.15, -0.1) is 0 Å². The van der Waals surface area contributed by atoms with Crippen LogP contribution >= 0.6 is 0 Å². The highest BCUT2D eigenvalue weighted by atomic mass is 16.1. The first-order valence-electron chi connectivity index (χ1n) is 7.66. The molecule has 0 saturated heterocycles. The molecule has 3 rings (SSSR count). The molecule has 0 bridgehead atoms. The van der Waals surface area contributed by atoms with Crippen molar-refractivity contribution in [2.45, 2.75) is 45.6 Å². The summed E-state index contributed by atoms with van der Waals surface area (Å²) in [7, 11) is 0. The first-order chi connectivity index (χ1) is 10.5. The van der Waals surface area contributed by atoms with Gasteiger partial charge >= 0.3 is 0 Å². The molecule has 1 saturated carbocycles. The van der Waals surface area contributed by atoms with E-state index < -0.39 is 0 Å². The minimum atomic E-state index is -0.0993. The van der Waals surface area contributed by atoms with Crippen LogP contribution in [0.25, 0.3) is 0 Å². The molecule has 0 atom stereocenters. The summed E-state index contributed by atoms with van der Waals surface area (Å²) < 4.78 is 0. The van der Waals surface area contributed by atoms with Gasteiger partial charge < -0.3 is 5.32 Å². The van der Waals surface area contributed by atoms with Gasteiger partial charge in [-0.2, -0.15) is 0 Å². The highest BCUT2D eigenvalue weighted by molar-refractivity contribution is 5.96. The summed E-state index contributed by atoms with van der Waals surface area (Å²) in [5.41, 5.74) is 4.56. The zero-order chi connectivity index (χ0) is 15.7. The molecule has 4 nitrogen and oxygen atoms in total. The lowest BCUT2D eigenvalue weighted by Gasteiger charge is -2.19. The summed E-state index contributed by atoms with van der Waals surface area (Å²) in [5.74, 6) is -0.0540. The summed E-state index contributed by atoms with van der Waals surface area (Å²) in [6.45, 7) is 5.82. The normalized spacial score (nSPS) is 15.4. The number of aryl methyl sites for hydroxylation is 3. The third-order valence-corrected chi connectivity index (χ3v) is 4.48. The minimum Gasteiger partial charge on any atom is -0.346 e. The molecule has 114 valence electrons. The van der Waals surface area contributed by atoms with E-state index in [0.717, 1.165) is 30.7 Å². The summed E-state index contributed by atoms with van der Waals surface area (Å²) in [6.07, 6.45) is 4.44. The molecule has 2 aromatic rings. The van der Waals surface area contributed by atoms with Crippen LogP contribution in [0.15, 0.2) is 30.6 Å². The lowest BCUT2D eigenvalue weighted by atomic mass is 9.99. The molecule has 1 N–H and O–H groups in total. The number of nitrogens with zero attached hydrogens (tertiary/aromatic N) is 2. The van der Waals surface area contributed by atoms with Gasteiger partial charge in [0.25, 0.3) is 5.91 Å². The van der Waals surface area contributed by atoms with E-state index in [1.54, 1.807) is 0 Å². The van der Waals surface area contributed by atoms with Gasteiger partial charge in [-0.25, -0.2) is 9.97 Å². The Balaban J connectivity index is 1.78. The van der Waals surface area contributed by atoms with E-state index in [4.69, 9.17) is 0 Å². The van der Waals surface area contributed by atoms with Gasteiger partial charge in [-0.1, -0.05) is 24.3 Å². The molecule has 1 aromatic heterocycles. The Morgan fingerprint density at radius 2 is 1.77 bits per heavy atom. The van der Waals surface area contributed by atoms with Crippen LogP contribution in [0.2, 0.25) is 0 Å². The molecule has 0 spiro atoms. The number of nitrogens with one attached hydrogen (secondary N) is 1. The van der Waals surface area contributed by atoms with Crippen molar-refractivity contribution < 1.29 is 4.79 Å². The van der Waals surface area contributed by atoms with Gasteiger partial charge in [0.1, 0.15) is 6.33 Å². The third kappa shape index (κ3) is 2.86. The van der Waals surface area contributed by atoms with Crippen LogP contribution in [0, 0.1) is 20.8 Å². The molecule has 1 heterocycles. The second-order valence-electron chi connectivity index (χ2n) is 6.26. The lowest BCUT2D eigenvalue weighted by molar-refractivity contribution is 0.0929. The fourth-order valence-corrected chi connectivity index (χ4v) is 2.89. The van der Waals surface area contributed by atoms with Crippen molar-refractivity contribution in [2.24, 2.45) is 0 Å². The van der Waals surface area contributed by atoms with E-state index in [1.165, 1.54) is 17.5 Å². The van der Waals surface area contributed by atoms with Crippen LogP contribution in [0.4, 0.5) is 0 Å². The van der Waals surface area contributed by atoms with E-state index in [9.17, 15) is 4.79 Å². The first-order valence-corrected chi connectivity index (χ1v) is 7.66. The van der Waals surface area contributed by atoms with Crippen molar-refractivity contribution in [1.29, 1.82) is 0 Å². The standard InChI is InChI=1S/C18H21N3O/c1-12-6-4-5-7-15(12)10-18(8-9-18)21-17(22)16-13(2)19-11-20-14(16)3/h4-7,11H,8-10H2,1-3H3,(H,21,22). The van der Waals surface area contributed by atoms with Gasteiger partial charge in [0.15, 0.2) is 0 Å². The number of hydrogen-bond donors (Lipinski definition) is 1. The number of hydrogen-bond acceptors (Lipinski definition) is 3. The summed E-state index contributed by atoms with van der Waals surface area (Å²) in [6, 6.07) is 8.36. The van der Waals surface area contributed by atoms with Gasteiger partial charge in [0.05, 0.1) is 17.0 Å². The van der Waals surface area contributed by atoms with Crippen LogP contribution in [0.5, 0.6) is 0 Å². The highest BCUT2D eigenvalue weighted by Crippen LogP contribution is 2.39. The maximum atomic E-state index is 12.6. The largest absolute Gasteiger partial charge is 0.346 e. The fraction of sp³-hybridized carbons (Fsp3) is 0.389. The Labute approximate surface area is 131 Å². The lowest BCUT2D eigenvalue weighted by Crippen LogP contribution is -2.39. The molecule has 1 amide bonds. The number of rotatable bonds is 4. The first kappa shape index (κ1) is 14.7. The number of carbonyl (C=O) groups is 1. The van der Waals surface area contributed by atoms with Crippen molar-refractivity contribution in [1.82, 2.24) is 15.3 Å². The molecule has 1 fully saturated rings. The second kappa shape index (κ2) is 5.52. The summed E-state index contributed by atoms with van der Waals surface area (Å²) >= 11 is 0. The van der Waals surface area contributed by atoms with Crippen molar-refractivity contribution in [3.8, 4) is 0 Å². The van der Waals surface area contributed by atoms with Gasteiger partial charge in [-0.3, -0.25) is 4.79 Å². The molecule has 4 heteroatoms. The topological polar surface area (TPSA) is 54.9 Å². The maximum absolute atomic E-state index is 12.6. The van der Waals surface area contributed by atoms with E-state index in [1.807, 2.05) is 19.9 Å². The van der Waals surface area contributed by atoms with E-state index in [0.29, 0.717) is 5.56 Å². The van der Waals surface area contributed by atoms with Crippen molar-refractivity contribution in [2.75, 3.05) is 0 Å². The predicted octanol–water partition coefficient (Wildman–Crippen LogP) is 2.91. The molecule has 1 aliphatic carbocycles. The number of benzene rings is 1. The van der Waals surface area contributed by atoms with E-state index in [-0.39, 0.29) is 11.4 Å². The summed E-state index contributed by atoms with van der Waals surface area (Å²) in [4.78, 5) is 20.9. The molecular formula is C18H21N3O. The van der Waals surface area contributed by atoms with Crippen LogP contribution in [0.1, 0.15) is 45.7 Å². The Kier molecular flexibility index (Phi) is 3.69. The Bertz CT molecular complexity index is 700. The Hall–Kier alpha value is -2.23. The highest BCUT2D eigenvalue weighted by Gasteiger charge is 2.44. The number of amides is 1. The fourth-order valence-electron chi connectivity index (χ4n) is 2.89. The van der Waals surface area contributed by atoms with Crippen molar-refractivity contribution in [3.05, 3.63) is 58.7 Å². The molecule has 0 radical (unpaired) electrons. The molecule has 0 unspecified atom stereocenters. The number of aromatic nitrogens is 2. The molecule has 1 aromatic carbocycles. The monoisotopic (exact) mass is 295 g/mol. The van der Waals surface area contributed by atoms with Crippen LogP contribution in [0.3, 0.4) is 0 Å². The quantitative estimate of drug-likeness (QED) is 0.943. The predicted molar refractivity (Wildman–Crippen MR) is 85.8 cm³/mol. The van der Waals surface area contributed by atoms with Gasteiger partial charge in [-0.05, 0) is 51.2 Å². The van der Waals surface area contributed by atoms with Crippen LogP contribution in [-0.2, 0) is 6.42 Å². The molecule has 1 aliphatic rings. The number of carbonyl (C=O) groups excluding carboxylic acids is 1. The third-order valence-electron chi connectivity index (χ3n) is 4.48. The SMILES string of the molecule is Cc1ccccc1CC1(NC(=O)c2c(C)ncnc2C)CC1. The van der Waals surface area contributed by atoms with Gasteiger partial charge in [0.2, 0.25) is 0 Å². The average molecular weight is 295 g/mol. The van der Waals surface area contributed by atoms with Crippen molar-refractivity contribution in [3.63, 3.8) is 0 Å². The average Bonchev–Trinajstić information content (AvgIpc) is 3.20. The van der Waals surface area contributed by atoms with Crippen LogP contribution in [-0.4, -0.2) is 21.4 Å². The smallest absolute Gasteiger partial charge is 0.255 e. The zero-order valence-electron chi connectivity index (χ0n) is 13.3. The molecule has 22 heavy (non-hydrogen) atoms. The molecular weight excluding hydrogens is 274 g/mol. The van der Waals surface area contributed by atoms with Crippen LogP contribution < -0.4 is 5.32 Å².